The molecule has 1 heterocycles. The average Bonchev–Trinajstić information content (AvgIpc) is 3.35. The van der Waals surface area contributed by atoms with Crippen molar-refractivity contribution in [3.63, 3.8) is 0 Å². The van der Waals surface area contributed by atoms with E-state index in [0.717, 1.165) is 21.1 Å². The lowest BCUT2D eigenvalue weighted by molar-refractivity contribution is -0.120. The third-order valence-electron chi connectivity index (χ3n) is 5.84. The Morgan fingerprint density at radius 2 is 1.69 bits per heavy atom. The van der Waals surface area contributed by atoms with Gasteiger partial charge in [-0.25, -0.2) is 23.3 Å². The summed E-state index contributed by atoms with van der Waals surface area (Å²) in [7, 11) is -2.88. The van der Waals surface area contributed by atoms with Gasteiger partial charge in [-0.05, 0) is 55.0 Å². The number of likely N-dealkylation sites (N-methyl/N-ethyl adjacent to an activating group) is 1. The molecule has 4 rings (SSSR count). The van der Waals surface area contributed by atoms with Crippen LogP contribution < -0.4 is 19.2 Å². The van der Waals surface area contributed by atoms with Gasteiger partial charge < -0.3 is 10.2 Å². The van der Waals surface area contributed by atoms with Gasteiger partial charge in [-0.15, -0.1) is 11.3 Å². The Morgan fingerprint density at radius 3 is 2.36 bits per heavy atom. The summed E-state index contributed by atoms with van der Waals surface area (Å²) in [6.45, 7) is 1.63. The van der Waals surface area contributed by atoms with Crippen LogP contribution in [0.15, 0.2) is 72.2 Å². The van der Waals surface area contributed by atoms with Gasteiger partial charge >= 0.3 is 16.2 Å². The normalized spacial score (nSPS) is 12.1. The number of anilines is 2. The van der Waals surface area contributed by atoms with E-state index in [4.69, 9.17) is 0 Å². The molecule has 0 saturated carbocycles. The van der Waals surface area contributed by atoms with E-state index in [1.807, 2.05) is 4.72 Å². The number of carbonyl (C=O) groups excluding carboxylic acids is 2. The van der Waals surface area contributed by atoms with E-state index in [1.165, 1.54) is 23.3 Å². The molecule has 0 fully saturated rings. The number of thiazole rings is 1. The minimum atomic E-state index is -4.35. The van der Waals surface area contributed by atoms with E-state index in [-0.39, 0.29) is 18.5 Å². The highest BCUT2D eigenvalue weighted by atomic mass is 32.2. The number of aromatic nitrogens is 1. The topological polar surface area (TPSA) is 112 Å². The van der Waals surface area contributed by atoms with Gasteiger partial charge in [0.05, 0.1) is 21.4 Å². The highest BCUT2D eigenvalue weighted by molar-refractivity contribution is 7.91. The van der Waals surface area contributed by atoms with Crippen LogP contribution in [-0.4, -0.2) is 45.0 Å². The third-order valence-corrected chi connectivity index (χ3v) is 8.14. The van der Waals surface area contributed by atoms with Crippen molar-refractivity contribution in [3.05, 3.63) is 89.4 Å². The number of carbonyl (C=O) groups is 2. The minimum absolute atomic E-state index is 0.0272. The fraction of sp³-hybridized carbons (Fsp3) is 0.192. The number of urea groups is 1. The molecule has 1 unspecified atom stereocenters. The lowest BCUT2D eigenvalue weighted by Gasteiger charge is -2.26. The zero-order valence-corrected chi connectivity index (χ0v) is 22.6. The zero-order valence-electron chi connectivity index (χ0n) is 21.0. The number of halogens is 2. The molecule has 0 aliphatic carbocycles. The van der Waals surface area contributed by atoms with Crippen molar-refractivity contribution < 1.29 is 26.8 Å². The molecule has 0 aliphatic rings. The van der Waals surface area contributed by atoms with Gasteiger partial charge in [0, 0.05) is 31.8 Å². The van der Waals surface area contributed by atoms with Crippen molar-refractivity contribution in [2.45, 2.75) is 19.4 Å². The summed E-state index contributed by atoms with van der Waals surface area (Å²) >= 11 is 1.43. The number of hydrogen-bond acceptors (Lipinski definition) is 6. The molecule has 0 spiro atoms. The van der Waals surface area contributed by atoms with Crippen LogP contribution in [0.25, 0.3) is 10.2 Å². The summed E-state index contributed by atoms with van der Waals surface area (Å²) < 4.78 is 57.5. The lowest BCUT2D eigenvalue weighted by Crippen LogP contribution is -2.54. The lowest BCUT2D eigenvalue weighted by atomic mass is 10.0. The maximum atomic E-state index is 13.9. The predicted octanol–water partition coefficient (Wildman–Crippen LogP) is 4.22. The Kier molecular flexibility index (Phi) is 8.41. The highest BCUT2D eigenvalue weighted by Gasteiger charge is 2.29. The minimum Gasteiger partial charge on any atom is -0.325 e. The van der Waals surface area contributed by atoms with Crippen LogP contribution in [0.4, 0.5) is 25.0 Å². The first-order valence-electron chi connectivity index (χ1n) is 11.8. The van der Waals surface area contributed by atoms with E-state index in [0.29, 0.717) is 23.0 Å². The standard InChI is InChI=1S/C26H25F2N5O4S2/c1-3-33(20-7-5-4-6-8-20)39(36,37)31-26(35)30-23(13-17-11-18(27)14-19(28)12-17)25(34)32(2)21-9-10-24-22(15-21)29-16-38-24/h4-12,14-16,23H,3,13H2,1-2H3,(H2,30,31,35). The van der Waals surface area contributed by atoms with Crippen LogP contribution in [0.3, 0.4) is 0 Å². The SMILES string of the molecule is CCN(c1ccccc1)S(=O)(=O)NC(=O)NC(Cc1cc(F)cc(F)c1)C(=O)N(C)c1ccc2scnc2c1. The van der Waals surface area contributed by atoms with Gasteiger partial charge in [-0.1, -0.05) is 18.2 Å². The summed E-state index contributed by atoms with van der Waals surface area (Å²) in [6.07, 6.45) is -0.305. The first kappa shape index (κ1) is 27.9. The quantitative estimate of drug-likeness (QED) is 0.312. The molecule has 0 bridgehead atoms. The van der Waals surface area contributed by atoms with Crippen molar-refractivity contribution in [1.29, 1.82) is 0 Å². The van der Waals surface area contributed by atoms with E-state index in [2.05, 4.69) is 10.3 Å². The number of nitrogens with one attached hydrogen (secondary N) is 2. The Labute approximate surface area is 228 Å². The first-order chi connectivity index (χ1) is 18.6. The Hall–Kier alpha value is -4.10. The van der Waals surface area contributed by atoms with E-state index >= 15 is 0 Å². The van der Waals surface area contributed by atoms with Crippen molar-refractivity contribution in [2.24, 2.45) is 0 Å². The molecular weight excluding hydrogens is 548 g/mol. The number of nitrogens with zero attached hydrogens (tertiary/aromatic N) is 3. The van der Waals surface area contributed by atoms with Gasteiger partial charge in [0.15, 0.2) is 0 Å². The van der Waals surface area contributed by atoms with Gasteiger partial charge in [0.1, 0.15) is 17.7 Å². The van der Waals surface area contributed by atoms with Crippen LogP contribution in [0.2, 0.25) is 0 Å². The average molecular weight is 574 g/mol. The highest BCUT2D eigenvalue weighted by Crippen LogP contribution is 2.24. The van der Waals surface area contributed by atoms with E-state index < -0.39 is 39.8 Å². The third kappa shape index (κ3) is 6.67. The molecule has 0 radical (unpaired) electrons. The maximum absolute atomic E-state index is 13.9. The molecule has 4 aromatic rings. The predicted molar refractivity (Wildman–Crippen MR) is 147 cm³/mol. The number of para-hydroxylation sites is 1. The maximum Gasteiger partial charge on any atom is 0.330 e. The fourth-order valence-corrected chi connectivity index (χ4v) is 5.83. The van der Waals surface area contributed by atoms with Crippen LogP contribution in [0, 0.1) is 11.6 Å². The summed E-state index contributed by atoms with van der Waals surface area (Å²) in [5.41, 5.74) is 3.22. The first-order valence-corrected chi connectivity index (χ1v) is 14.1. The Balaban J connectivity index is 1.58. The second kappa shape index (κ2) is 11.7. The molecule has 13 heteroatoms. The molecule has 39 heavy (non-hydrogen) atoms. The molecule has 2 N–H and O–H groups in total. The summed E-state index contributed by atoms with van der Waals surface area (Å²) in [6, 6.07) is 13.5. The summed E-state index contributed by atoms with van der Waals surface area (Å²) in [5, 5.41) is 2.37. The second-order valence-corrected chi connectivity index (χ2v) is 11.0. The largest absolute Gasteiger partial charge is 0.330 e. The van der Waals surface area contributed by atoms with Crippen molar-refractivity contribution in [3.8, 4) is 0 Å². The Morgan fingerprint density at radius 1 is 1.00 bits per heavy atom. The van der Waals surface area contributed by atoms with Crippen LogP contribution in [0.1, 0.15) is 12.5 Å². The van der Waals surface area contributed by atoms with Gasteiger partial charge in [-0.2, -0.15) is 8.42 Å². The molecule has 3 amide bonds. The molecule has 1 atom stereocenters. The number of fused-ring (bicyclic) bond motifs is 1. The van der Waals surface area contributed by atoms with Crippen molar-refractivity contribution in [2.75, 3.05) is 22.8 Å². The van der Waals surface area contributed by atoms with Crippen molar-refractivity contribution >= 4 is 55.1 Å². The van der Waals surface area contributed by atoms with E-state index in [1.54, 1.807) is 61.0 Å². The molecule has 3 aromatic carbocycles. The summed E-state index contributed by atoms with van der Waals surface area (Å²) in [5.74, 6) is -2.35. The zero-order chi connectivity index (χ0) is 28.2. The van der Waals surface area contributed by atoms with Gasteiger partial charge in [0.25, 0.3) is 0 Å². The molecule has 1 aromatic heterocycles. The number of amides is 3. The molecule has 204 valence electrons. The Bertz CT molecular complexity index is 1580. The van der Waals surface area contributed by atoms with E-state index in [9.17, 15) is 26.8 Å². The smallest absolute Gasteiger partial charge is 0.325 e. The molecular formula is C26H25F2N5O4S2. The van der Waals surface area contributed by atoms with Gasteiger partial charge in [-0.3, -0.25) is 9.10 Å². The van der Waals surface area contributed by atoms with Crippen LogP contribution in [-0.2, 0) is 21.4 Å². The fourth-order valence-electron chi connectivity index (χ4n) is 4.03. The molecule has 0 saturated heterocycles. The second-order valence-electron chi connectivity index (χ2n) is 8.52. The summed E-state index contributed by atoms with van der Waals surface area (Å²) in [4.78, 5) is 31.9. The number of rotatable bonds is 9. The van der Waals surface area contributed by atoms with Crippen LogP contribution >= 0.6 is 11.3 Å². The monoisotopic (exact) mass is 573 g/mol. The molecule has 9 nitrogen and oxygen atoms in total. The van der Waals surface area contributed by atoms with Crippen molar-refractivity contribution in [1.82, 2.24) is 15.0 Å². The number of hydrogen-bond donors (Lipinski definition) is 2. The molecule has 0 aliphatic heterocycles. The number of benzene rings is 3. The van der Waals surface area contributed by atoms with Gasteiger partial charge in [0.2, 0.25) is 5.91 Å². The van der Waals surface area contributed by atoms with Crippen LogP contribution in [0.5, 0.6) is 0 Å².